The third-order valence-electron chi connectivity index (χ3n) is 4.20. The first kappa shape index (κ1) is 20.0. The first-order valence-electron chi connectivity index (χ1n) is 9.15. The van der Waals surface area contributed by atoms with Crippen molar-refractivity contribution in [3.05, 3.63) is 72.3 Å². The van der Waals surface area contributed by atoms with Gasteiger partial charge in [-0.1, -0.05) is 30.3 Å². The van der Waals surface area contributed by atoms with E-state index in [0.717, 1.165) is 15.7 Å². The second-order valence-corrected chi connectivity index (χ2v) is 7.30. The Hall–Kier alpha value is -2.79. The summed E-state index contributed by atoms with van der Waals surface area (Å²) in [5.41, 5.74) is 0.492. The van der Waals surface area contributed by atoms with Crippen molar-refractivity contribution >= 4 is 34.3 Å². The van der Waals surface area contributed by atoms with E-state index in [-0.39, 0.29) is 11.5 Å². The van der Waals surface area contributed by atoms with Gasteiger partial charge in [0.2, 0.25) is 5.78 Å². The van der Waals surface area contributed by atoms with E-state index < -0.39 is 12.1 Å². The Bertz CT molecular complexity index is 966. The topological polar surface area (TPSA) is 52.6 Å². The SMILES string of the molecule is CCOc1ccc(C(=O)[C@H](C)OC(=O)CSc2ccc3ccccc3c2)cc1. The molecule has 0 fully saturated rings. The van der Waals surface area contributed by atoms with E-state index in [4.69, 9.17) is 9.47 Å². The van der Waals surface area contributed by atoms with Crippen LogP contribution >= 0.6 is 11.8 Å². The molecule has 0 aliphatic rings. The lowest BCUT2D eigenvalue weighted by Crippen LogP contribution is -2.25. The van der Waals surface area contributed by atoms with E-state index >= 15 is 0 Å². The van der Waals surface area contributed by atoms with Gasteiger partial charge in [0.05, 0.1) is 12.4 Å². The first-order chi connectivity index (χ1) is 13.6. The number of benzene rings is 3. The predicted octanol–water partition coefficient (Wildman–Crippen LogP) is 5.15. The highest BCUT2D eigenvalue weighted by Crippen LogP contribution is 2.24. The maximum absolute atomic E-state index is 12.4. The predicted molar refractivity (Wildman–Crippen MR) is 112 cm³/mol. The molecule has 28 heavy (non-hydrogen) atoms. The van der Waals surface area contributed by atoms with Crippen molar-refractivity contribution in [3.63, 3.8) is 0 Å². The molecule has 0 N–H and O–H groups in total. The monoisotopic (exact) mass is 394 g/mol. The quantitative estimate of drug-likeness (QED) is 0.301. The minimum atomic E-state index is -0.831. The molecule has 0 aliphatic heterocycles. The summed E-state index contributed by atoms with van der Waals surface area (Å²) >= 11 is 1.40. The number of esters is 1. The fourth-order valence-electron chi connectivity index (χ4n) is 2.80. The van der Waals surface area contributed by atoms with Crippen molar-refractivity contribution in [3.8, 4) is 5.75 Å². The molecule has 4 nitrogen and oxygen atoms in total. The molecule has 0 spiro atoms. The zero-order chi connectivity index (χ0) is 19.9. The van der Waals surface area contributed by atoms with Crippen LogP contribution in [0.4, 0.5) is 0 Å². The molecule has 3 aromatic carbocycles. The Balaban J connectivity index is 1.53. The molecule has 3 rings (SSSR count). The normalized spacial score (nSPS) is 11.8. The number of hydrogen-bond acceptors (Lipinski definition) is 5. The smallest absolute Gasteiger partial charge is 0.316 e. The summed E-state index contributed by atoms with van der Waals surface area (Å²) in [4.78, 5) is 25.6. The molecule has 0 amide bonds. The van der Waals surface area contributed by atoms with Crippen molar-refractivity contribution in [2.45, 2.75) is 24.8 Å². The van der Waals surface area contributed by atoms with Crippen molar-refractivity contribution in [1.82, 2.24) is 0 Å². The van der Waals surface area contributed by atoms with Gasteiger partial charge in [0.25, 0.3) is 0 Å². The van der Waals surface area contributed by atoms with Gasteiger partial charge in [0.15, 0.2) is 6.10 Å². The summed E-state index contributed by atoms with van der Waals surface area (Å²) in [6.07, 6.45) is -0.831. The third-order valence-corrected chi connectivity index (χ3v) is 5.17. The van der Waals surface area contributed by atoms with Gasteiger partial charge in [-0.25, -0.2) is 0 Å². The number of rotatable bonds is 8. The number of ether oxygens (including phenoxy) is 2. The first-order valence-corrected chi connectivity index (χ1v) is 10.1. The summed E-state index contributed by atoms with van der Waals surface area (Å²) in [6, 6.07) is 21.0. The van der Waals surface area contributed by atoms with Gasteiger partial charge in [0, 0.05) is 10.5 Å². The molecular weight excluding hydrogens is 372 g/mol. The number of fused-ring (bicyclic) bond motifs is 1. The number of Topliss-reactive ketones (excluding diaryl/α,β-unsaturated/α-hetero) is 1. The van der Waals surface area contributed by atoms with Crippen LogP contribution in [0.2, 0.25) is 0 Å². The summed E-state index contributed by atoms with van der Waals surface area (Å²) in [7, 11) is 0. The van der Waals surface area contributed by atoms with Crippen LogP contribution < -0.4 is 4.74 Å². The average molecular weight is 394 g/mol. The summed E-state index contributed by atoms with van der Waals surface area (Å²) < 4.78 is 10.7. The van der Waals surface area contributed by atoms with Crippen LogP contribution in [0.25, 0.3) is 10.8 Å². The van der Waals surface area contributed by atoms with E-state index in [2.05, 4.69) is 0 Å². The zero-order valence-corrected chi connectivity index (χ0v) is 16.7. The highest BCUT2D eigenvalue weighted by Gasteiger charge is 2.19. The lowest BCUT2D eigenvalue weighted by Gasteiger charge is -2.13. The van der Waals surface area contributed by atoms with Crippen molar-refractivity contribution in [2.75, 3.05) is 12.4 Å². The van der Waals surface area contributed by atoms with E-state index in [1.54, 1.807) is 31.2 Å². The molecule has 0 radical (unpaired) electrons. The van der Waals surface area contributed by atoms with E-state index in [1.165, 1.54) is 11.8 Å². The highest BCUT2D eigenvalue weighted by molar-refractivity contribution is 8.00. The minimum Gasteiger partial charge on any atom is -0.494 e. The Morgan fingerprint density at radius 3 is 2.39 bits per heavy atom. The van der Waals surface area contributed by atoms with Gasteiger partial charge in [-0.2, -0.15) is 0 Å². The number of hydrogen-bond donors (Lipinski definition) is 0. The second-order valence-electron chi connectivity index (χ2n) is 6.25. The summed E-state index contributed by atoms with van der Waals surface area (Å²) in [6.45, 7) is 4.06. The van der Waals surface area contributed by atoms with Gasteiger partial charge in [0.1, 0.15) is 5.75 Å². The van der Waals surface area contributed by atoms with Gasteiger partial charge in [-0.05, 0) is 61.0 Å². The van der Waals surface area contributed by atoms with E-state index in [9.17, 15) is 9.59 Å². The zero-order valence-electron chi connectivity index (χ0n) is 15.9. The van der Waals surface area contributed by atoms with Crippen LogP contribution in [0, 0.1) is 0 Å². The molecule has 144 valence electrons. The third kappa shape index (κ3) is 5.14. The number of ketones is 1. The van der Waals surface area contributed by atoms with Crippen molar-refractivity contribution in [1.29, 1.82) is 0 Å². The van der Waals surface area contributed by atoms with Crippen LogP contribution in [-0.4, -0.2) is 30.2 Å². The average Bonchev–Trinajstić information content (AvgIpc) is 2.72. The summed E-state index contributed by atoms with van der Waals surface area (Å²) in [5.74, 6) is 0.215. The largest absolute Gasteiger partial charge is 0.494 e. The minimum absolute atomic E-state index is 0.152. The maximum atomic E-state index is 12.4. The fraction of sp³-hybridized carbons (Fsp3) is 0.217. The molecular formula is C23H22O4S. The number of carbonyl (C=O) groups excluding carboxylic acids is 2. The van der Waals surface area contributed by atoms with Crippen molar-refractivity contribution in [2.24, 2.45) is 0 Å². The fourth-order valence-corrected chi connectivity index (χ4v) is 3.53. The van der Waals surface area contributed by atoms with E-state index in [1.807, 2.05) is 49.4 Å². The van der Waals surface area contributed by atoms with Crippen LogP contribution in [0.5, 0.6) is 5.75 Å². The number of carbonyl (C=O) groups is 2. The molecule has 0 aromatic heterocycles. The molecule has 0 bridgehead atoms. The Morgan fingerprint density at radius 2 is 1.68 bits per heavy atom. The Morgan fingerprint density at radius 1 is 0.964 bits per heavy atom. The highest BCUT2D eigenvalue weighted by atomic mass is 32.2. The molecule has 1 atom stereocenters. The molecule has 3 aromatic rings. The van der Waals surface area contributed by atoms with Crippen LogP contribution in [0.1, 0.15) is 24.2 Å². The maximum Gasteiger partial charge on any atom is 0.316 e. The molecule has 0 saturated carbocycles. The Kier molecular flexibility index (Phi) is 6.71. The second kappa shape index (κ2) is 9.42. The van der Waals surface area contributed by atoms with Gasteiger partial charge in [-0.3, -0.25) is 9.59 Å². The van der Waals surface area contributed by atoms with Gasteiger partial charge in [-0.15, -0.1) is 11.8 Å². The van der Waals surface area contributed by atoms with E-state index in [0.29, 0.717) is 17.9 Å². The molecule has 0 unspecified atom stereocenters. The van der Waals surface area contributed by atoms with Crippen LogP contribution in [0.15, 0.2) is 71.6 Å². The lowest BCUT2D eigenvalue weighted by atomic mass is 10.1. The number of thioether (sulfide) groups is 1. The molecule has 0 aliphatic carbocycles. The van der Waals surface area contributed by atoms with Gasteiger partial charge < -0.3 is 9.47 Å². The van der Waals surface area contributed by atoms with Crippen LogP contribution in [0.3, 0.4) is 0 Å². The van der Waals surface area contributed by atoms with Crippen LogP contribution in [-0.2, 0) is 9.53 Å². The standard InChI is InChI=1S/C23H22O4S/c1-3-26-20-11-8-18(9-12-20)23(25)16(2)27-22(24)15-28-21-13-10-17-6-4-5-7-19(17)14-21/h4-14,16H,3,15H2,1-2H3/t16-/m0/s1. The van der Waals surface area contributed by atoms with Crippen molar-refractivity contribution < 1.29 is 19.1 Å². The molecule has 0 saturated heterocycles. The Labute approximate surface area is 168 Å². The van der Waals surface area contributed by atoms with Gasteiger partial charge >= 0.3 is 5.97 Å². The molecule has 5 heteroatoms. The lowest BCUT2D eigenvalue weighted by molar-refractivity contribution is -0.143. The summed E-state index contributed by atoms with van der Waals surface area (Å²) in [5, 5.41) is 2.28. The molecule has 0 heterocycles.